The highest BCUT2D eigenvalue weighted by Crippen LogP contribution is 2.29. The third-order valence-electron chi connectivity index (χ3n) is 2.02. The highest BCUT2D eigenvalue weighted by molar-refractivity contribution is 9.10. The second-order valence-electron chi connectivity index (χ2n) is 3.07. The molecular weight excluding hydrogens is 275 g/mol. The van der Waals surface area contributed by atoms with E-state index in [2.05, 4.69) is 25.9 Å². The molecule has 0 amide bonds. The van der Waals surface area contributed by atoms with Crippen LogP contribution in [0.4, 0.5) is 4.39 Å². The number of methoxy groups -OCH3 is 1. The molecular formula is C11H8BrFN2O. The fourth-order valence-electron chi connectivity index (χ4n) is 1.31. The summed E-state index contributed by atoms with van der Waals surface area (Å²) in [6.07, 6.45) is 2.26. The van der Waals surface area contributed by atoms with Crippen molar-refractivity contribution in [3.05, 3.63) is 40.9 Å². The largest absolute Gasteiger partial charge is 0.496 e. The van der Waals surface area contributed by atoms with Crippen molar-refractivity contribution >= 4 is 15.9 Å². The van der Waals surface area contributed by atoms with Crippen LogP contribution in [0.25, 0.3) is 11.4 Å². The molecule has 1 aromatic heterocycles. The molecule has 0 aliphatic carbocycles. The predicted octanol–water partition coefficient (Wildman–Crippen LogP) is 3.05. The number of rotatable bonds is 2. The summed E-state index contributed by atoms with van der Waals surface area (Å²) in [5.74, 6) is 0.618. The maximum Gasteiger partial charge on any atom is 0.163 e. The lowest BCUT2D eigenvalue weighted by Gasteiger charge is -2.07. The molecule has 0 spiro atoms. The molecule has 2 rings (SSSR count). The summed E-state index contributed by atoms with van der Waals surface area (Å²) < 4.78 is 18.8. The van der Waals surface area contributed by atoms with Gasteiger partial charge in [0.2, 0.25) is 0 Å². The van der Waals surface area contributed by atoms with Gasteiger partial charge in [-0.3, -0.25) is 0 Å². The highest BCUT2D eigenvalue weighted by atomic mass is 79.9. The van der Waals surface area contributed by atoms with Gasteiger partial charge in [-0.1, -0.05) is 15.9 Å². The molecule has 0 radical (unpaired) electrons. The molecule has 0 bridgehead atoms. The van der Waals surface area contributed by atoms with Crippen LogP contribution >= 0.6 is 15.9 Å². The Morgan fingerprint density at radius 2 is 1.94 bits per heavy atom. The van der Waals surface area contributed by atoms with Gasteiger partial charge in [-0.05, 0) is 18.2 Å². The van der Waals surface area contributed by atoms with Crippen LogP contribution in [0.1, 0.15) is 0 Å². The molecule has 0 aliphatic rings. The molecule has 0 aliphatic heterocycles. The maximum absolute atomic E-state index is 12.7. The number of halogens is 2. The molecule has 16 heavy (non-hydrogen) atoms. The Morgan fingerprint density at radius 1 is 1.25 bits per heavy atom. The summed E-state index contributed by atoms with van der Waals surface area (Å²) >= 11 is 3.35. The fraction of sp³-hybridized carbons (Fsp3) is 0.0909. The normalized spacial score (nSPS) is 10.2. The Balaban J connectivity index is 2.53. The Labute approximate surface area is 100 Å². The SMILES string of the molecule is COc1ccc(Br)cc1-c1ncc(F)cn1. The van der Waals surface area contributed by atoms with Gasteiger partial charge < -0.3 is 4.74 Å². The van der Waals surface area contributed by atoms with Crippen LogP contribution in [0.3, 0.4) is 0 Å². The molecule has 1 heterocycles. The first kappa shape index (κ1) is 11.0. The monoisotopic (exact) mass is 282 g/mol. The zero-order valence-electron chi connectivity index (χ0n) is 8.45. The van der Waals surface area contributed by atoms with Crippen molar-refractivity contribution in [2.24, 2.45) is 0 Å². The van der Waals surface area contributed by atoms with Gasteiger partial charge in [0.1, 0.15) is 5.75 Å². The minimum atomic E-state index is -0.460. The van der Waals surface area contributed by atoms with Crippen molar-refractivity contribution in [3.8, 4) is 17.1 Å². The van der Waals surface area contributed by atoms with Gasteiger partial charge in [0.25, 0.3) is 0 Å². The minimum absolute atomic E-state index is 0.430. The van der Waals surface area contributed by atoms with E-state index in [1.54, 1.807) is 13.2 Å². The Hall–Kier alpha value is -1.49. The lowest BCUT2D eigenvalue weighted by molar-refractivity contribution is 0.416. The van der Waals surface area contributed by atoms with Crippen LogP contribution in [0.15, 0.2) is 35.1 Å². The van der Waals surface area contributed by atoms with Crippen molar-refractivity contribution < 1.29 is 9.13 Å². The number of ether oxygens (including phenoxy) is 1. The number of aromatic nitrogens is 2. The Kier molecular flexibility index (Phi) is 3.14. The zero-order chi connectivity index (χ0) is 11.5. The van der Waals surface area contributed by atoms with Gasteiger partial charge in [-0.15, -0.1) is 0 Å². The van der Waals surface area contributed by atoms with E-state index in [-0.39, 0.29) is 0 Å². The van der Waals surface area contributed by atoms with E-state index in [1.807, 2.05) is 12.1 Å². The van der Waals surface area contributed by atoms with Gasteiger partial charge in [0, 0.05) is 4.47 Å². The van der Waals surface area contributed by atoms with Gasteiger partial charge in [0.15, 0.2) is 11.6 Å². The Bertz CT molecular complexity index is 502. The molecule has 82 valence electrons. The molecule has 0 fully saturated rings. The summed E-state index contributed by atoms with van der Waals surface area (Å²) in [4.78, 5) is 7.82. The number of nitrogens with zero attached hydrogens (tertiary/aromatic N) is 2. The van der Waals surface area contributed by atoms with Gasteiger partial charge in [-0.25, -0.2) is 14.4 Å². The number of hydrogen-bond donors (Lipinski definition) is 0. The van der Waals surface area contributed by atoms with E-state index in [4.69, 9.17) is 4.74 Å². The second kappa shape index (κ2) is 4.57. The predicted molar refractivity (Wildman–Crippen MR) is 61.7 cm³/mol. The lowest BCUT2D eigenvalue weighted by Crippen LogP contribution is -1.93. The van der Waals surface area contributed by atoms with Crippen molar-refractivity contribution in [3.63, 3.8) is 0 Å². The molecule has 0 saturated heterocycles. The second-order valence-corrected chi connectivity index (χ2v) is 3.99. The van der Waals surface area contributed by atoms with Crippen LogP contribution in [0.5, 0.6) is 5.75 Å². The molecule has 0 N–H and O–H groups in total. The third-order valence-corrected chi connectivity index (χ3v) is 2.52. The number of benzene rings is 1. The van der Waals surface area contributed by atoms with Crippen LogP contribution in [-0.2, 0) is 0 Å². The van der Waals surface area contributed by atoms with Crippen LogP contribution in [-0.4, -0.2) is 17.1 Å². The van der Waals surface area contributed by atoms with E-state index in [9.17, 15) is 4.39 Å². The first-order valence-corrected chi connectivity index (χ1v) is 5.31. The maximum atomic E-state index is 12.7. The van der Waals surface area contributed by atoms with Crippen molar-refractivity contribution in [2.45, 2.75) is 0 Å². The van der Waals surface area contributed by atoms with Crippen LogP contribution < -0.4 is 4.74 Å². The lowest BCUT2D eigenvalue weighted by atomic mass is 10.2. The summed E-state index contributed by atoms with van der Waals surface area (Å²) in [7, 11) is 1.57. The van der Waals surface area contributed by atoms with Crippen molar-refractivity contribution in [2.75, 3.05) is 7.11 Å². The van der Waals surface area contributed by atoms with Crippen molar-refractivity contribution in [1.29, 1.82) is 0 Å². The van der Waals surface area contributed by atoms with E-state index in [0.717, 1.165) is 22.4 Å². The molecule has 3 nitrogen and oxygen atoms in total. The van der Waals surface area contributed by atoms with Gasteiger partial charge in [-0.2, -0.15) is 0 Å². The van der Waals surface area contributed by atoms with E-state index < -0.39 is 5.82 Å². The van der Waals surface area contributed by atoms with Crippen LogP contribution in [0.2, 0.25) is 0 Å². The summed E-state index contributed by atoms with van der Waals surface area (Å²) in [5.41, 5.74) is 0.719. The van der Waals surface area contributed by atoms with E-state index >= 15 is 0 Å². The van der Waals surface area contributed by atoms with E-state index in [0.29, 0.717) is 11.6 Å². The highest BCUT2D eigenvalue weighted by Gasteiger charge is 2.09. The van der Waals surface area contributed by atoms with E-state index in [1.165, 1.54) is 0 Å². The zero-order valence-corrected chi connectivity index (χ0v) is 10.0. The molecule has 0 unspecified atom stereocenters. The third kappa shape index (κ3) is 2.19. The Morgan fingerprint density at radius 3 is 2.56 bits per heavy atom. The summed E-state index contributed by atoms with van der Waals surface area (Å²) in [6, 6.07) is 5.48. The first-order valence-electron chi connectivity index (χ1n) is 4.52. The van der Waals surface area contributed by atoms with Crippen molar-refractivity contribution in [1.82, 2.24) is 9.97 Å². The molecule has 0 atom stereocenters. The fourth-order valence-corrected chi connectivity index (χ4v) is 1.67. The average Bonchev–Trinajstić information content (AvgIpc) is 2.30. The topological polar surface area (TPSA) is 35.0 Å². The molecule has 0 saturated carbocycles. The standard InChI is InChI=1S/C11H8BrFN2O/c1-16-10-3-2-7(12)4-9(10)11-14-5-8(13)6-15-11/h2-6H,1H3. The first-order chi connectivity index (χ1) is 7.70. The van der Waals surface area contributed by atoms with Gasteiger partial charge >= 0.3 is 0 Å². The summed E-state index contributed by atoms with van der Waals surface area (Å²) in [6.45, 7) is 0. The minimum Gasteiger partial charge on any atom is -0.496 e. The smallest absolute Gasteiger partial charge is 0.163 e. The molecule has 5 heteroatoms. The number of hydrogen-bond acceptors (Lipinski definition) is 3. The summed E-state index contributed by atoms with van der Waals surface area (Å²) in [5, 5.41) is 0. The van der Waals surface area contributed by atoms with Crippen LogP contribution in [0, 0.1) is 5.82 Å². The quantitative estimate of drug-likeness (QED) is 0.849. The average molecular weight is 283 g/mol. The molecule has 1 aromatic carbocycles. The molecule has 2 aromatic rings. The van der Waals surface area contributed by atoms with Gasteiger partial charge in [0.05, 0.1) is 25.1 Å².